The van der Waals surface area contributed by atoms with E-state index in [1.807, 2.05) is 19.1 Å². The highest BCUT2D eigenvalue weighted by Gasteiger charge is 2.36. The highest BCUT2D eigenvalue weighted by atomic mass is 32.2. The Balaban J connectivity index is 1.39. The number of unbranched alkanes of at least 4 members (excludes halogenated alkanes) is 2. The van der Waals surface area contributed by atoms with Crippen LogP contribution in [0.15, 0.2) is 59.6 Å². The van der Waals surface area contributed by atoms with E-state index >= 15 is 0 Å². The third-order valence-electron chi connectivity index (χ3n) is 5.62. The molecule has 0 amide bonds. The Labute approximate surface area is 202 Å². The molecule has 1 aromatic heterocycles. The predicted molar refractivity (Wildman–Crippen MR) is 136 cm³/mol. The van der Waals surface area contributed by atoms with Crippen LogP contribution in [0.4, 0.5) is 11.5 Å². The van der Waals surface area contributed by atoms with Crippen LogP contribution in [-0.2, 0) is 19.8 Å². The van der Waals surface area contributed by atoms with E-state index < -0.39 is 10.2 Å². The minimum Gasteiger partial charge on any atom is -0.494 e. The summed E-state index contributed by atoms with van der Waals surface area (Å²) < 4.78 is 34.5. The Kier molecular flexibility index (Phi) is 9.52. The molecule has 9 nitrogen and oxygen atoms in total. The normalized spacial score (nSPS) is 22.5. The number of anilines is 2. The van der Waals surface area contributed by atoms with Crippen molar-refractivity contribution in [1.82, 2.24) is 9.29 Å². The summed E-state index contributed by atoms with van der Waals surface area (Å²) in [5, 5.41) is 4.16. The number of hydrogen-bond donors (Lipinski definition) is 1. The number of ether oxygens (including phenoxy) is 1. The Hall–Kier alpha value is -2.85. The number of nitrogen functional groups attached to an aromatic ring is 1. The van der Waals surface area contributed by atoms with Gasteiger partial charge in [-0.25, -0.2) is 4.98 Å². The van der Waals surface area contributed by atoms with E-state index in [-0.39, 0.29) is 0 Å². The first-order chi connectivity index (χ1) is 16.4. The molecule has 0 atom stereocenters. The number of aromatic nitrogens is 1. The molecule has 0 radical (unpaired) electrons. The summed E-state index contributed by atoms with van der Waals surface area (Å²) in [5.41, 5.74) is 7.85. The summed E-state index contributed by atoms with van der Waals surface area (Å²) in [6.45, 7) is 8.48. The van der Waals surface area contributed by atoms with Crippen LogP contribution >= 0.6 is 0 Å². The van der Waals surface area contributed by atoms with Crippen LogP contribution in [-0.4, -0.2) is 56.3 Å². The van der Waals surface area contributed by atoms with Gasteiger partial charge in [0.1, 0.15) is 18.2 Å². The molecule has 0 spiro atoms. The van der Waals surface area contributed by atoms with Gasteiger partial charge in [-0.2, -0.15) is 12.7 Å². The highest BCUT2D eigenvalue weighted by Crippen LogP contribution is 2.25. The smallest absolute Gasteiger partial charge is 0.304 e. The summed E-state index contributed by atoms with van der Waals surface area (Å²) in [7, 11) is -3.52. The first-order valence-corrected chi connectivity index (χ1v) is 13.2. The van der Waals surface area contributed by atoms with Crippen molar-refractivity contribution < 1.29 is 18.0 Å². The number of pyridine rings is 1. The molecule has 1 saturated heterocycles. The molecule has 0 bridgehead atoms. The quantitative estimate of drug-likeness (QED) is 0.395. The third-order valence-corrected chi connectivity index (χ3v) is 7.59. The molecule has 186 valence electrons. The van der Waals surface area contributed by atoms with E-state index in [0.29, 0.717) is 44.4 Å². The molecule has 0 aromatic carbocycles. The molecule has 0 saturated carbocycles. The molecule has 1 aliphatic carbocycles. The molecule has 10 heteroatoms. The van der Waals surface area contributed by atoms with Crippen molar-refractivity contribution in [3.63, 3.8) is 0 Å². The highest BCUT2D eigenvalue weighted by molar-refractivity contribution is 7.90. The van der Waals surface area contributed by atoms with Crippen molar-refractivity contribution in [2.45, 2.75) is 45.4 Å². The van der Waals surface area contributed by atoms with E-state index in [2.05, 4.69) is 22.8 Å². The topological polar surface area (TPSA) is 110 Å². The molecule has 3 rings (SSSR count). The average Bonchev–Trinajstić information content (AvgIpc) is 3.15. The van der Waals surface area contributed by atoms with Crippen LogP contribution in [0.25, 0.3) is 0 Å². The maximum Gasteiger partial charge on any atom is 0.304 e. The largest absolute Gasteiger partial charge is 0.494 e. The van der Waals surface area contributed by atoms with E-state index in [4.69, 9.17) is 15.3 Å². The van der Waals surface area contributed by atoms with Gasteiger partial charge in [-0.05, 0) is 81.4 Å². The van der Waals surface area contributed by atoms with Crippen molar-refractivity contribution in [2.24, 2.45) is 5.16 Å². The van der Waals surface area contributed by atoms with Gasteiger partial charge in [0.2, 0.25) is 0 Å². The monoisotopic (exact) mass is 489 g/mol. The van der Waals surface area contributed by atoms with Crippen molar-refractivity contribution in [3.05, 3.63) is 54.5 Å². The molecule has 2 aliphatic rings. The average molecular weight is 490 g/mol. The van der Waals surface area contributed by atoms with Crippen molar-refractivity contribution in [1.29, 1.82) is 0 Å². The van der Waals surface area contributed by atoms with Crippen LogP contribution < -0.4 is 10.0 Å². The van der Waals surface area contributed by atoms with Gasteiger partial charge in [-0.1, -0.05) is 11.7 Å². The lowest BCUT2D eigenvalue weighted by molar-refractivity contribution is 0.158. The predicted octanol–water partition coefficient (Wildman–Crippen LogP) is 3.79. The number of allylic oxidation sites excluding steroid dienone is 4. The van der Waals surface area contributed by atoms with Gasteiger partial charge in [0.05, 0.1) is 24.2 Å². The summed E-state index contributed by atoms with van der Waals surface area (Å²) in [5.74, 6) is 1.19. The Morgan fingerprint density at radius 3 is 2.82 bits per heavy atom. The molecular formula is C24H35N5O4S. The van der Waals surface area contributed by atoms with E-state index in [1.165, 1.54) is 14.8 Å². The Bertz CT molecular complexity index is 1020. The lowest BCUT2D eigenvalue weighted by Crippen LogP contribution is -2.33. The zero-order chi connectivity index (χ0) is 24.4. The number of nitrogens with two attached hydrogens (primary N) is 1. The minimum absolute atomic E-state index is 0.366. The molecular weight excluding hydrogens is 454 g/mol. The molecule has 34 heavy (non-hydrogen) atoms. The van der Waals surface area contributed by atoms with Gasteiger partial charge in [0, 0.05) is 19.6 Å². The maximum atomic E-state index is 12.8. The summed E-state index contributed by atoms with van der Waals surface area (Å²) in [6.07, 6.45) is 12.6. The molecule has 1 fully saturated rings. The molecule has 1 aliphatic heterocycles. The fourth-order valence-corrected chi connectivity index (χ4v) is 5.38. The lowest BCUT2D eigenvalue weighted by atomic mass is 10.1. The summed E-state index contributed by atoms with van der Waals surface area (Å²) in [4.78, 5) is 9.18. The van der Waals surface area contributed by atoms with E-state index in [1.54, 1.807) is 12.1 Å². The Morgan fingerprint density at radius 1 is 1.21 bits per heavy atom. The fraction of sp³-hybridized carbons (Fsp3) is 0.500. The van der Waals surface area contributed by atoms with Crippen LogP contribution in [0, 0.1) is 0 Å². The van der Waals surface area contributed by atoms with Crippen molar-refractivity contribution in [2.75, 3.05) is 42.9 Å². The summed E-state index contributed by atoms with van der Waals surface area (Å²) >= 11 is 0. The second kappa shape index (κ2) is 12.6. The van der Waals surface area contributed by atoms with Crippen LogP contribution in [0.5, 0.6) is 0 Å². The minimum atomic E-state index is -3.52. The van der Waals surface area contributed by atoms with Crippen LogP contribution in [0.3, 0.4) is 0 Å². The molecule has 2 heterocycles. The van der Waals surface area contributed by atoms with Gasteiger partial charge in [-0.15, -0.1) is 0 Å². The first kappa shape index (κ1) is 25.8. The summed E-state index contributed by atoms with van der Waals surface area (Å²) in [6, 6.07) is 3.29. The SMILES string of the molecule is C=C1/C=C\C(OCCCCCN2CCN(c3ccc(N)nc3)S2(=O)=O)=C/CCC/C1=N\OCC. The van der Waals surface area contributed by atoms with Crippen LogP contribution in [0.2, 0.25) is 0 Å². The number of rotatable bonds is 10. The fourth-order valence-electron chi connectivity index (χ4n) is 3.74. The second-order valence-corrected chi connectivity index (χ2v) is 10.00. The van der Waals surface area contributed by atoms with Gasteiger partial charge in [0.15, 0.2) is 0 Å². The van der Waals surface area contributed by atoms with E-state index in [0.717, 1.165) is 55.6 Å². The van der Waals surface area contributed by atoms with Gasteiger partial charge in [0.25, 0.3) is 0 Å². The third kappa shape index (κ3) is 7.07. The maximum absolute atomic E-state index is 12.8. The van der Waals surface area contributed by atoms with Gasteiger partial charge < -0.3 is 15.3 Å². The van der Waals surface area contributed by atoms with Crippen LogP contribution in [0.1, 0.15) is 45.4 Å². The zero-order valence-corrected chi connectivity index (χ0v) is 20.7. The van der Waals surface area contributed by atoms with E-state index in [9.17, 15) is 8.42 Å². The van der Waals surface area contributed by atoms with Crippen molar-refractivity contribution >= 4 is 27.4 Å². The number of oxime groups is 1. The molecule has 0 unspecified atom stereocenters. The molecule has 2 N–H and O–H groups in total. The Morgan fingerprint density at radius 2 is 2.06 bits per heavy atom. The standard InChI is InChI=1S/C24H35N5O4S/c1-3-33-27-23-10-6-5-9-22(13-11-20(23)2)32-18-8-4-7-15-28-16-17-29(34(28,30)31)21-12-14-24(25)26-19-21/h9,11-14,19H,2-8,10,15-18H2,1H3,(H2,25,26)/b13-11-,22-9+,27-23+. The zero-order valence-electron chi connectivity index (χ0n) is 19.9. The number of hydrogen-bond acceptors (Lipinski definition) is 7. The van der Waals surface area contributed by atoms with Crippen molar-refractivity contribution in [3.8, 4) is 0 Å². The first-order valence-electron chi connectivity index (χ1n) is 11.8. The second-order valence-electron chi connectivity index (χ2n) is 8.14. The molecule has 1 aromatic rings. The lowest BCUT2D eigenvalue weighted by Gasteiger charge is -2.19. The number of nitrogens with zero attached hydrogens (tertiary/aromatic N) is 4. The van der Waals surface area contributed by atoms with Gasteiger partial charge in [-0.3, -0.25) is 4.31 Å². The van der Waals surface area contributed by atoms with Gasteiger partial charge >= 0.3 is 10.2 Å².